The minimum Gasteiger partial charge on any atom is -0.354 e. The summed E-state index contributed by atoms with van der Waals surface area (Å²) < 4.78 is 1.59. The maximum Gasteiger partial charge on any atom is 0.241 e. The molecule has 0 aliphatic heterocycles. The van der Waals surface area contributed by atoms with Crippen LogP contribution >= 0.6 is 11.6 Å². The van der Waals surface area contributed by atoms with Gasteiger partial charge in [-0.1, -0.05) is 13.8 Å². The Labute approximate surface area is 127 Å². The van der Waals surface area contributed by atoms with Crippen molar-refractivity contribution in [3.63, 3.8) is 0 Å². The minimum absolute atomic E-state index is 0.0405. The lowest BCUT2D eigenvalue weighted by Gasteiger charge is -2.09. The SMILES string of the molecule is CC(C)CNC(=O)CNc1nc(Cl)nc(-n2ccnc2)n1. The molecular formula is C12H16ClN7O. The highest BCUT2D eigenvalue weighted by Crippen LogP contribution is 2.09. The molecule has 1 amide bonds. The Hall–Kier alpha value is -2.22. The van der Waals surface area contributed by atoms with Gasteiger partial charge in [-0.2, -0.15) is 15.0 Å². The molecule has 2 aromatic rings. The van der Waals surface area contributed by atoms with Crippen LogP contribution in [0, 0.1) is 5.92 Å². The van der Waals surface area contributed by atoms with Gasteiger partial charge in [-0.3, -0.25) is 9.36 Å². The van der Waals surface area contributed by atoms with Gasteiger partial charge in [-0.25, -0.2) is 4.98 Å². The molecule has 2 rings (SSSR count). The third kappa shape index (κ3) is 4.67. The maximum absolute atomic E-state index is 11.6. The standard InChI is InChI=1S/C12H16ClN7O/c1-8(2)5-15-9(21)6-16-11-17-10(13)18-12(19-11)20-4-3-14-7-20/h3-4,7-8H,5-6H2,1-2H3,(H,15,21)(H,16,17,18,19). The highest BCUT2D eigenvalue weighted by Gasteiger charge is 2.08. The number of amides is 1. The van der Waals surface area contributed by atoms with E-state index in [0.717, 1.165) is 0 Å². The third-order valence-corrected chi connectivity index (χ3v) is 2.62. The molecule has 2 N–H and O–H groups in total. The molecule has 21 heavy (non-hydrogen) atoms. The molecule has 0 saturated heterocycles. The predicted molar refractivity (Wildman–Crippen MR) is 78.3 cm³/mol. The van der Waals surface area contributed by atoms with Crippen LogP contribution in [0.1, 0.15) is 13.8 Å². The molecule has 2 heterocycles. The molecule has 2 aromatic heterocycles. The van der Waals surface area contributed by atoms with Gasteiger partial charge in [0.1, 0.15) is 6.33 Å². The van der Waals surface area contributed by atoms with Crippen molar-refractivity contribution in [3.05, 3.63) is 24.0 Å². The van der Waals surface area contributed by atoms with E-state index < -0.39 is 0 Å². The molecule has 0 aliphatic rings. The summed E-state index contributed by atoms with van der Waals surface area (Å²) in [6.45, 7) is 4.74. The molecule has 0 spiro atoms. The average Bonchev–Trinajstić information content (AvgIpc) is 2.96. The van der Waals surface area contributed by atoms with Crippen LogP contribution in [0.15, 0.2) is 18.7 Å². The van der Waals surface area contributed by atoms with E-state index in [0.29, 0.717) is 18.4 Å². The van der Waals surface area contributed by atoms with Crippen molar-refractivity contribution in [3.8, 4) is 5.95 Å². The zero-order chi connectivity index (χ0) is 15.2. The zero-order valence-electron chi connectivity index (χ0n) is 11.7. The summed E-state index contributed by atoms with van der Waals surface area (Å²) in [5.74, 6) is 0.828. The van der Waals surface area contributed by atoms with Gasteiger partial charge < -0.3 is 10.6 Å². The van der Waals surface area contributed by atoms with Crippen LogP contribution in [-0.4, -0.2) is 43.5 Å². The van der Waals surface area contributed by atoms with Gasteiger partial charge in [0.05, 0.1) is 6.54 Å². The van der Waals surface area contributed by atoms with Gasteiger partial charge in [0, 0.05) is 18.9 Å². The Morgan fingerprint density at radius 1 is 1.38 bits per heavy atom. The number of imidazole rings is 1. The number of hydrogen-bond acceptors (Lipinski definition) is 6. The minimum atomic E-state index is -0.135. The Kier molecular flexibility index (Phi) is 5.04. The maximum atomic E-state index is 11.6. The summed E-state index contributed by atoms with van der Waals surface area (Å²) in [7, 11) is 0. The Bertz CT molecular complexity index is 600. The summed E-state index contributed by atoms with van der Waals surface area (Å²) in [5, 5.41) is 5.65. The highest BCUT2D eigenvalue weighted by atomic mass is 35.5. The number of rotatable bonds is 6. The van der Waals surface area contributed by atoms with Crippen LogP contribution in [0.3, 0.4) is 0 Å². The van der Waals surface area contributed by atoms with E-state index in [1.807, 2.05) is 13.8 Å². The van der Waals surface area contributed by atoms with Crippen molar-refractivity contribution >= 4 is 23.5 Å². The van der Waals surface area contributed by atoms with E-state index in [9.17, 15) is 4.79 Å². The number of carbonyl (C=O) groups is 1. The highest BCUT2D eigenvalue weighted by molar-refractivity contribution is 6.28. The molecular weight excluding hydrogens is 294 g/mol. The van der Waals surface area contributed by atoms with Gasteiger partial charge in [-0.15, -0.1) is 0 Å². The summed E-state index contributed by atoms with van der Waals surface area (Å²) in [5.41, 5.74) is 0. The van der Waals surface area contributed by atoms with Crippen molar-refractivity contribution in [2.45, 2.75) is 13.8 Å². The van der Waals surface area contributed by atoms with Gasteiger partial charge in [0.15, 0.2) is 0 Å². The van der Waals surface area contributed by atoms with Crippen molar-refractivity contribution < 1.29 is 4.79 Å². The Morgan fingerprint density at radius 3 is 2.86 bits per heavy atom. The van der Waals surface area contributed by atoms with Gasteiger partial charge in [0.2, 0.25) is 23.1 Å². The molecule has 0 atom stereocenters. The first-order chi connectivity index (χ1) is 10.0. The molecule has 0 aromatic carbocycles. The molecule has 0 fully saturated rings. The van der Waals surface area contributed by atoms with Crippen LogP contribution in [0.2, 0.25) is 5.28 Å². The van der Waals surface area contributed by atoms with Crippen LogP contribution in [-0.2, 0) is 4.79 Å². The lowest BCUT2D eigenvalue weighted by Crippen LogP contribution is -2.32. The van der Waals surface area contributed by atoms with E-state index in [1.54, 1.807) is 23.3 Å². The molecule has 9 heteroatoms. The second kappa shape index (κ2) is 6.98. The van der Waals surface area contributed by atoms with E-state index >= 15 is 0 Å². The first-order valence-corrected chi connectivity index (χ1v) is 6.83. The number of halogens is 1. The zero-order valence-corrected chi connectivity index (χ0v) is 12.5. The molecule has 112 valence electrons. The van der Waals surface area contributed by atoms with Crippen LogP contribution in [0.4, 0.5) is 5.95 Å². The van der Waals surface area contributed by atoms with Crippen molar-refractivity contribution in [1.29, 1.82) is 0 Å². The third-order valence-electron chi connectivity index (χ3n) is 2.45. The van der Waals surface area contributed by atoms with Crippen LogP contribution < -0.4 is 10.6 Å². The van der Waals surface area contributed by atoms with Gasteiger partial charge in [0.25, 0.3) is 0 Å². The fourth-order valence-corrected chi connectivity index (χ4v) is 1.61. The Balaban J connectivity index is 1.99. The fraction of sp³-hybridized carbons (Fsp3) is 0.417. The number of anilines is 1. The molecule has 0 radical (unpaired) electrons. The summed E-state index contributed by atoms with van der Waals surface area (Å²) in [6.07, 6.45) is 4.83. The number of hydrogen-bond donors (Lipinski definition) is 2. The van der Waals surface area contributed by atoms with E-state index in [2.05, 4.69) is 30.6 Å². The summed E-state index contributed by atoms with van der Waals surface area (Å²) >= 11 is 5.85. The van der Waals surface area contributed by atoms with Crippen LogP contribution in [0.5, 0.6) is 0 Å². The van der Waals surface area contributed by atoms with E-state index in [4.69, 9.17) is 11.6 Å². The van der Waals surface area contributed by atoms with Crippen LogP contribution in [0.25, 0.3) is 5.95 Å². The molecule has 0 bridgehead atoms. The molecule has 0 saturated carbocycles. The van der Waals surface area contributed by atoms with Gasteiger partial charge >= 0.3 is 0 Å². The quantitative estimate of drug-likeness (QED) is 0.822. The lowest BCUT2D eigenvalue weighted by molar-refractivity contribution is -0.119. The number of nitrogens with zero attached hydrogens (tertiary/aromatic N) is 5. The predicted octanol–water partition coefficient (Wildman–Crippen LogP) is 0.895. The Morgan fingerprint density at radius 2 is 2.19 bits per heavy atom. The smallest absolute Gasteiger partial charge is 0.241 e. The monoisotopic (exact) mass is 309 g/mol. The van der Waals surface area contributed by atoms with E-state index in [-0.39, 0.29) is 23.7 Å². The van der Waals surface area contributed by atoms with E-state index in [1.165, 1.54) is 0 Å². The lowest BCUT2D eigenvalue weighted by atomic mass is 10.2. The summed E-state index contributed by atoms with van der Waals surface area (Å²) in [4.78, 5) is 27.6. The molecule has 0 unspecified atom stereocenters. The van der Waals surface area contributed by atoms with Gasteiger partial charge in [-0.05, 0) is 17.5 Å². The molecule has 8 nitrogen and oxygen atoms in total. The normalized spacial score (nSPS) is 10.7. The first-order valence-electron chi connectivity index (χ1n) is 6.45. The van der Waals surface area contributed by atoms with Crippen molar-refractivity contribution in [2.75, 3.05) is 18.4 Å². The average molecular weight is 310 g/mol. The topological polar surface area (TPSA) is 97.6 Å². The second-order valence-corrected chi connectivity index (χ2v) is 5.09. The van der Waals surface area contributed by atoms with Crippen molar-refractivity contribution in [2.24, 2.45) is 5.92 Å². The number of aromatic nitrogens is 5. The largest absolute Gasteiger partial charge is 0.354 e. The first kappa shape index (κ1) is 15.2. The second-order valence-electron chi connectivity index (χ2n) is 4.75. The fourth-order valence-electron chi connectivity index (χ4n) is 1.45. The number of carbonyl (C=O) groups excluding carboxylic acids is 1. The summed E-state index contributed by atoms with van der Waals surface area (Å²) in [6, 6.07) is 0. The number of nitrogens with one attached hydrogen (secondary N) is 2. The van der Waals surface area contributed by atoms with Crippen molar-refractivity contribution in [1.82, 2.24) is 29.8 Å². The molecule has 0 aliphatic carbocycles.